The average molecular weight is 289 g/mol. The van der Waals surface area contributed by atoms with Crippen molar-refractivity contribution in [2.24, 2.45) is 0 Å². The summed E-state index contributed by atoms with van der Waals surface area (Å²) in [6, 6.07) is 4.78. The first kappa shape index (κ1) is 15.2. The van der Waals surface area contributed by atoms with Gasteiger partial charge >= 0.3 is 0 Å². The summed E-state index contributed by atoms with van der Waals surface area (Å²) in [6.45, 7) is 6.61. The molecule has 1 aromatic heterocycles. The van der Waals surface area contributed by atoms with E-state index in [1.807, 2.05) is 13.8 Å². The molecule has 0 aliphatic carbocycles. The second-order valence-electron chi connectivity index (χ2n) is 4.87. The molecule has 0 saturated heterocycles. The lowest BCUT2D eigenvalue weighted by Gasteiger charge is -2.13. The Morgan fingerprint density at radius 3 is 2.62 bits per heavy atom. The van der Waals surface area contributed by atoms with Crippen LogP contribution in [0.25, 0.3) is 11.3 Å². The molecule has 0 aliphatic rings. The summed E-state index contributed by atoms with van der Waals surface area (Å²) in [7, 11) is 1.52. The summed E-state index contributed by atoms with van der Waals surface area (Å²) in [5, 5.41) is 3.26. The first-order valence-electron chi connectivity index (χ1n) is 6.99. The fourth-order valence-corrected chi connectivity index (χ4v) is 2.12. The number of rotatable bonds is 5. The van der Waals surface area contributed by atoms with E-state index in [4.69, 9.17) is 4.74 Å². The fraction of sp³-hybridized carbons (Fsp3) is 0.375. The number of hydrogen-bond donors (Lipinski definition) is 1. The Morgan fingerprint density at radius 1 is 1.24 bits per heavy atom. The van der Waals surface area contributed by atoms with Crippen LogP contribution in [0.2, 0.25) is 0 Å². The van der Waals surface area contributed by atoms with Gasteiger partial charge in [0.2, 0.25) is 0 Å². The van der Waals surface area contributed by atoms with E-state index in [1.165, 1.54) is 13.2 Å². The van der Waals surface area contributed by atoms with Crippen LogP contribution in [0.4, 0.5) is 10.2 Å². The van der Waals surface area contributed by atoms with Crippen molar-refractivity contribution >= 4 is 5.82 Å². The lowest BCUT2D eigenvalue weighted by atomic mass is 10.1. The number of ether oxygens (including phenoxy) is 1. The molecule has 4 nitrogen and oxygen atoms in total. The Bertz CT molecular complexity index is 644. The number of anilines is 1. The zero-order chi connectivity index (χ0) is 15.4. The van der Waals surface area contributed by atoms with Gasteiger partial charge in [0.25, 0.3) is 0 Å². The van der Waals surface area contributed by atoms with Gasteiger partial charge in [0, 0.05) is 23.7 Å². The maximum atomic E-state index is 14.3. The van der Waals surface area contributed by atoms with Crippen LogP contribution in [0.5, 0.6) is 5.75 Å². The van der Waals surface area contributed by atoms with Gasteiger partial charge in [-0.3, -0.25) is 0 Å². The number of nitrogens with zero attached hydrogens (tertiary/aromatic N) is 2. The normalized spacial score (nSPS) is 10.5. The zero-order valence-electron chi connectivity index (χ0n) is 12.8. The van der Waals surface area contributed by atoms with E-state index in [9.17, 15) is 4.39 Å². The van der Waals surface area contributed by atoms with Crippen molar-refractivity contribution in [3.8, 4) is 17.0 Å². The molecule has 0 bridgehead atoms. The molecular weight excluding hydrogens is 269 g/mol. The SMILES string of the molecule is CCCNc1nc(C)nc(-c2ccc(OC)cc2F)c1C. The summed E-state index contributed by atoms with van der Waals surface area (Å²) in [5.74, 6) is 1.51. The number of halogens is 1. The molecule has 0 amide bonds. The number of nitrogens with one attached hydrogen (secondary N) is 1. The Kier molecular flexibility index (Phi) is 4.73. The van der Waals surface area contributed by atoms with E-state index in [-0.39, 0.29) is 5.82 Å². The third kappa shape index (κ3) is 3.29. The van der Waals surface area contributed by atoms with Crippen LogP contribution in [0, 0.1) is 19.7 Å². The smallest absolute Gasteiger partial charge is 0.136 e. The molecule has 1 heterocycles. The average Bonchev–Trinajstić information content (AvgIpc) is 2.47. The maximum Gasteiger partial charge on any atom is 0.136 e. The van der Waals surface area contributed by atoms with Crippen LogP contribution < -0.4 is 10.1 Å². The van der Waals surface area contributed by atoms with Crippen LogP contribution in [-0.2, 0) is 0 Å². The van der Waals surface area contributed by atoms with Gasteiger partial charge in [-0.25, -0.2) is 14.4 Å². The van der Waals surface area contributed by atoms with Crippen molar-refractivity contribution < 1.29 is 9.13 Å². The summed E-state index contributed by atoms with van der Waals surface area (Å²) < 4.78 is 19.3. The molecule has 1 aromatic carbocycles. The highest BCUT2D eigenvalue weighted by Gasteiger charge is 2.15. The first-order valence-corrected chi connectivity index (χ1v) is 6.99. The summed E-state index contributed by atoms with van der Waals surface area (Å²) >= 11 is 0. The molecule has 112 valence electrons. The molecule has 5 heteroatoms. The molecule has 0 aliphatic heterocycles. The molecule has 21 heavy (non-hydrogen) atoms. The largest absolute Gasteiger partial charge is 0.497 e. The molecule has 0 radical (unpaired) electrons. The summed E-state index contributed by atoms with van der Waals surface area (Å²) in [5.41, 5.74) is 1.91. The third-order valence-corrected chi connectivity index (χ3v) is 3.23. The first-order chi connectivity index (χ1) is 10.1. The van der Waals surface area contributed by atoms with Gasteiger partial charge in [-0.1, -0.05) is 6.92 Å². The van der Waals surface area contributed by atoms with Gasteiger partial charge in [-0.15, -0.1) is 0 Å². The number of methoxy groups -OCH3 is 1. The van der Waals surface area contributed by atoms with Crippen molar-refractivity contribution in [2.75, 3.05) is 19.0 Å². The zero-order valence-corrected chi connectivity index (χ0v) is 12.8. The Morgan fingerprint density at radius 2 is 2.00 bits per heavy atom. The fourth-order valence-electron chi connectivity index (χ4n) is 2.12. The van der Waals surface area contributed by atoms with Gasteiger partial charge in [0.15, 0.2) is 0 Å². The number of hydrogen-bond acceptors (Lipinski definition) is 4. The molecule has 2 rings (SSSR count). The monoisotopic (exact) mass is 289 g/mol. The Labute approximate surface area is 124 Å². The molecular formula is C16H20FN3O. The lowest BCUT2D eigenvalue weighted by Crippen LogP contribution is -2.08. The molecule has 2 aromatic rings. The van der Waals surface area contributed by atoms with Crippen LogP contribution in [0.3, 0.4) is 0 Å². The van der Waals surface area contributed by atoms with Gasteiger partial charge < -0.3 is 10.1 Å². The van der Waals surface area contributed by atoms with Gasteiger partial charge in [-0.2, -0.15) is 0 Å². The van der Waals surface area contributed by atoms with E-state index in [1.54, 1.807) is 12.1 Å². The standard InChI is InChI=1S/C16H20FN3O/c1-5-8-18-16-10(2)15(19-11(3)20-16)13-7-6-12(21-4)9-14(13)17/h6-7,9H,5,8H2,1-4H3,(H,18,19,20). The van der Waals surface area contributed by atoms with E-state index in [0.717, 1.165) is 24.3 Å². The lowest BCUT2D eigenvalue weighted by molar-refractivity contribution is 0.411. The minimum atomic E-state index is -0.350. The van der Waals surface area contributed by atoms with Gasteiger partial charge in [0.05, 0.1) is 12.8 Å². The molecule has 0 unspecified atom stereocenters. The summed E-state index contributed by atoms with van der Waals surface area (Å²) in [4.78, 5) is 8.79. The minimum absolute atomic E-state index is 0.350. The van der Waals surface area contributed by atoms with Crippen molar-refractivity contribution in [1.29, 1.82) is 0 Å². The van der Waals surface area contributed by atoms with Crippen LogP contribution in [-0.4, -0.2) is 23.6 Å². The van der Waals surface area contributed by atoms with Crippen molar-refractivity contribution in [2.45, 2.75) is 27.2 Å². The van der Waals surface area contributed by atoms with Crippen LogP contribution in [0.15, 0.2) is 18.2 Å². The van der Waals surface area contributed by atoms with E-state index < -0.39 is 0 Å². The van der Waals surface area contributed by atoms with Crippen LogP contribution >= 0.6 is 0 Å². The van der Waals surface area contributed by atoms with Crippen molar-refractivity contribution in [3.63, 3.8) is 0 Å². The molecule has 1 N–H and O–H groups in total. The predicted molar refractivity (Wildman–Crippen MR) is 82.2 cm³/mol. The van der Waals surface area contributed by atoms with Crippen molar-refractivity contribution in [3.05, 3.63) is 35.4 Å². The number of aromatic nitrogens is 2. The summed E-state index contributed by atoms with van der Waals surface area (Å²) in [6.07, 6.45) is 0.995. The third-order valence-electron chi connectivity index (χ3n) is 3.23. The van der Waals surface area contributed by atoms with Gasteiger partial charge in [-0.05, 0) is 32.4 Å². The second-order valence-corrected chi connectivity index (χ2v) is 4.87. The van der Waals surface area contributed by atoms with E-state index in [0.29, 0.717) is 22.8 Å². The second kappa shape index (κ2) is 6.52. The molecule has 0 saturated carbocycles. The topological polar surface area (TPSA) is 47.0 Å². The maximum absolute atomic E-state index is 14.3. The highest BCUT2D eigenvalue weighted by Crippen LogP contribution is 2.29. The van der Waals surface area contributed by atoms with Gasteiger partial charge in [0.1, 0.15) is 23.2 Å². The number of benzene rings is 1. The highest BCUT2D eigenvalue weighted by atomic mass is 19.1. The molecule has 0 atom stereocenters. The predicted octanol–water partition coefficient (Wildman–Crippen LogP) is 3.73. The quantitative estimate of drug-likeness (QED) is 0.911. The van der Waals surface area contributed by atoms with Crippen molar-refractivity contribution in [1.82, 2.24) is 9.97 Å². The van der Waals surface area contributed by atoms with E-state index >= 15 is 0 Å². The highest BCUT2D eigenvalue weighted by molar-refractivity contribution is 5.69. The minimum Gasteiger partial charge on any atom is -0.497 e. The molecule has 0 spiro atoms. The Balaban J connectivity index is 2.50. The van der Waals surface area contributed by atoms with Crippen LogP contribution in [0.1, 0.15) is 24.7 Å². The van der Waals surface area contributed by atoms with E-state index in [2.05, 4.69) is 22.2 Å². The number of aryl methyl sites for hydroxylation is 1. The Hall–Kier alpha value is -2.17. The molecule has 0 fully saturated rings.